The van der Waals surface area contributed by atoms with Gasteiger partial charge in [-0.05, 0) is 44.4 Å². The molecule has 3 unspecified atom stereocenters. The van der Waals surface area contributed by atoms with Crippen molar-refractivity contribution in [1.29, 1.82) is 0 Å². The topological polar surface area (TPSA) is 66.8 Å². The van der Waals surface area contributed by atoms with Gasteiger partial charge in [0.15, 0.2) is 6.10 Å². The summed E-state index contributed by atoms with van der Waals surface area (Å²) in [5, 5.41) is 8.95. The van der Waals surface area contributed by atoms with E-state index in [1.165, 1.54) is 25.7 Å². The van der Waals surface area contributed by atoms with Gasteiger partial charge in [0, 0.05) is 12.6 Å². The van der Waals surface area contributed by atoms with Crippen LogP contribution >= 0.6 is 0 Å². The van der Waals surface area contributed by atoms with E-state index < -0.39 is 18.2 Å². The summed E-state index contributed by atoms with van der Waals surface area (Å²) in [7, 11) is 0. The zero-order valence-corrected chi connectivity index (χ0v) is 11.8. The predicted octanol–water partition coefficient (Wildman–Crippen LogP) is 1.80. The molecule has 1 amide bonds. The third-order valence-electron chi connectivity index (χ3n) is 5.10. The number of nitrogens with zero attached hydrogens (tertiary/aromatic N) is 1. The van der Waals surface area contributed by atoms with E-state index in [1.54, 1.807) is 0 Å². The molecule has 1 N–H and O–H groups in total. The van der Waals surface area contributed by atoms with Crippen LogP contribution in [0, 0.1) is 5.92 Å². The number of ether oxygens (including phenoxy) is 1. The van der Waals surface area contributed by atoms with Crippen molar-refractivity contribution in [3.8, 4) is 0 Å². The lowest BCUT2D eigenvalue weighted by Crippen LogP contribution is -2.45. The quantitative estimate of drug-likeness (QED) is 0.856. The zero-order chi connectivity index (χ0) is 14.1. The van der Waals surface area contributed by atoms with Gasteiger partial charge < -0.3 is 14.7 Å². The summed E-state index contributed by atoms with van der Waals surface area (Å²) in [5.41, 5.74) is 0. The van der Waals surface area contributed by atoms with Crippen molar-refractivity contribution in [2.45, 2.75) is 69.6 Å². The van der Waals surface area contributed by atoms with Crippen LogP contribution in [0.25, 0.3) is 0 Å². The molecule has 0 spiro atoms. The van der Waals surface area contributed by atoms with Gasteiger partial charge in [0.25, 0.3) is 5.91 Å². The van der Waals surface area contributed by atoms with Gasteiger partial charge in [-0.3, -0.25) is 4.79 Å². The number of rotatable bonds is 3. The predicted molar refractivity (Wildman–Crippen MR) is 72.2 cm³/mol. The van der Waals surface area contributed by atoms with E-state index in [-0.39, 0.29) is 5.91 Å². The Labute approximate surface area is 119 Å². The second-order valence-corrected chi connectivity index (χ2v) is 6.31. The van der Waals surface area contributed by atoms with Gasteiger partial charge in [-0.15, -0.1) is 0 Å². The van der Waals surface area contributed by atoms with Gasteiger partial charge in [0.1, 0.15) is 6.10 Å². The average Bonchev–Trinajstić information content (AvgIpc) is 3.17. The molecule has 3 fully saturated rings. The Bertz CT molecular complexity index is 391. The van der Waals surface area contributed by atoms with Gasteiger partial charge in [0.2, 0.25) is 0 Å². The molecule has 5 nitrogen and oxygen atoms in total. The number of carbonyl (C=O) groups is 2. The standard InChI is InChI=1S/C15H23NO4/c17-14(12-7-8-13(20-12)15(18)19)16-9-3-6-11(16)10-4-1-2-5-10/h10-13H,1-9H2,(H,18,19). The number of carboxylic acid groups (broad SMARTS) is 1. The number of aliphatic carboxylic acids is 1. The Morgan fingerprint density at radius 3 is 2.30 bits per heavy atom. The molecule has 1 saturated carbocycles. The van der Waals surface area contributed by atoms with Crippen molar-refractivity contribution in [1.82, 2.24) is 4.90 Å². The van der Waals surface area contributed by atoms with Crippen molar-refractivity contribution in [2.75, 3.05) is 6.54 Å². The van der Waals surface area contributed by atoms with E-state index in [1.807, 2.05) is 4.90 Å². The van der Waals surface area contributed by atoms with Gasteiger partial charge in [-0.1, -0.05) is 12.8 Å². The molecule has 3 atom stereocenters. The molecule has 20 heavy (non-hydrogen) atoms. The number of carbonyl (C=O) groups excluding carboxylic acids is 1. The van der Waals surface area contributed by atoms with Gasteiger partial charge >= 0.3 is 5.97 Å². The fourth-order valence-electron chi connectivity index (χ4n) is 4.08. The molecule has 112 valence electrons. The first-order valence-electron chi connectivity index (χ1n) is 7.85. The van der Waals surface area contributed by atoms with Crippen molar-refractivity contribution < 1.29 is 19.4 Å². The monoisotopic (exact) mass is 281 g/mol. The highest BCUT2D eigenvalue weighted by Gasteiger charge is 2.42. The Balaban J connectivity index is 1.62. The molecule has 0 aromatic heterocycles. The van der Waals surface area contributed by atoms with E-state index in [4.69, 9.17) is 9.84 Å². The van der Waals surface area contributed by atoms with E-state index in [0.717, 1.165) is 19.4 Å². The van der Waals surface area contributed by atoms with Crippen molar-refractivity contribution >= 4 is 11.9 Å². The summed E-state index contributed by atoms with van der Waals surface area (Å²) in [5.74, 6) is -0.268. The number of hydrogen-bond acceptors (Lipinski definition) is 3. The number of hydrogen-bond donors (Lipinski definition) is 1. The third-order valence-corrected chi connectivity index (χ3v) is 5.10. The molecule has 0 radical (unpaired) electrons. The fourth-order valence-corrected chi connectivity index (χ4v) is 4.08. The Kier molecular flexibility index (Phi) is 3.96. The van der Waals surface area contributed by atoms with Gasteiger partial charge in [-0.25, -0.2) is 4.79 Å². The van der Waals surface area contributed by atoms with Gasteiger partial charge in [0.05, 0.1) is 0 Å². The minimum atomic E-state index is -0.950. The highest BCUT2D eigenvalue weighted by atomic mass is 16.5. The lowest BCUT2D eigenvalue weighted by atomic mass is 9.95. The van der Waals surface area contributed by atoms with E-state index in [9.17, 15) is 9.59 Å². The first kappa shape index (κ1) is 13.9. The molecule has 1 aliphatic carbocycles. The Morgan fingerprint density at radius 2 is 1.65 bits per heavy atom. The molecule has 0 aromatic carbocycles. The van der Waals surface area contributed by atoms with Crippen LogP contribution in [0.3, 0.4) is 0 Å². The van der Waals surface area contributed by atoms with Crippen LogP contribution in [-0.4, -0.2) is 46.7 Å². The number of carboxylic acids is 1. The maximum absolute atomic E-state index is 12.6. The fraction of sp³-hybridized carbons (Fsp3) is 0.867. The Morgan fingerprint density at radius 1 is 0.950 bits per heavy atom. The summed E-state index contributed by atoms with van der Waals surface area (Å²) in [6.07, 6.45) is 6.88. The van der Waals surface area contributed by atoms with Crippen LogP contribution < -0.4 is 0 Å². The molecule has 2 heterocycles. The highest BCUT2D eigenvalue weighted by Crippen LogP contribution is 2.36. The Hall–Kier alpha value is -1.10. The maximum atomic E-state index is 12.6. The molecular weight excluding hydrogens is 258 g/mol. The van der Waals surface area contributed by atoms with Crippen molar-refractivity contribution in [3.05, 3.63) is 0 Å². The molecule has 2 saturated heterocycles. The normalized spacial score (nSPS) is 34.8. The molecule has 3 aliphatic rings. The molecule has 0 aromatic rings. The smallest absolute Gasteiger partial charge is 0.332 e. The number of amides is 1. The van der Waals surface area contributed by atoms with Crippen LogP contribution in [0.15, 0.2) is 0 Å². The lowest BCUT2D eigenvalue weighted by Gasteiger charge is -2.31. The van der Waals surface area contributed by atoms with Crippen molar-refractivity contribution in [3.63, 3.8) is 0 Å². The minimum Gasteiger partial charge on any atom is -0.479 e. The van der Waals surface area contributed by atoms with Crippen LogP contribution in [0.4, 0.5) is 0 Å². The van der Waals surface area contributed by atoms with E-state index in [0.29, 0.717) is 24.8 Å². The van der Waals surface area contributed by atoms with Crippen LogP contribution in [0.1, 0.15) is 51.4 Å². The van der Waals surface area contributed by atoms with E-state index in [2.05, 4.69) is 0 Å². The SMILES string of the molecule is O=C(O)C1CCC(C(=O)N2CCCC2C2CCCC2)O1. The molecule has 2 aliphatic heterocycles. The summed E-state index contributed by atoms with van der Waals surface area (Å²) >= 11 is 0. The van der Waals surface area contributed by atoms with Crippen LogP contribution in [0.2, 0.25) is 0 Å². The van der Waals surface area contributed by atoms with E-state index >= 15 is 0 Å². The zero-order valence-electron chi connectivity index (χ0n) is 11.8. The second kappa shape index (κ2) is 5.72. The van der Waals surface area contributed by atoms with Crippen molar-refractivity contribution in [2.24, 2.45) is 5.92 Å². The third kappa shape index (κ3) is 2.55. The maximum Gasteiger partial charge on any atom is 0.332 e. The van der Waals surface area contributed by atoms with Crippen LogP contribution in [0.5, 0.6) is 0 Å². The summed E-state index contributed by atoms with van der Waals surface area (Å²) in [6.45, 7) is 0.817. The molecular formula is C15H23NO4. The first-order valence-corrected chi connectivity index (χ1v) is 7.85. The summed E-state index contributed by atoms with van der Waals surface area (Å²) < 4.78 is 5.42. The molecule has 0 bridgehead atoms. The average molecular weight is 281 g/mol. The summed E-state index contributed by atoms with van der Waals surface area (Å²) in [4.78, 5) is 25.5. The summed E-state index contributed by atoms with van der Waals surface area (Å²) in [6, 6.07) is 0.373. The largest absolute Gasteiger partial charge is 0.479 e. The van der Waals surface area contributed by atoms with Crippen LogP contribution in [-0.2, 0) is 14.3 Å². The first-order chi connectivity index (χ1) is 9.66. The number of likely N-dealkylation sites (tertiary alicyclic amines) is 1. The minimum absolute atomic E-state index is 0.0307. The van der Waals surface area contributed by atoms with Gasteiger partial charge in [-0.2, -0.15) is 0 Å². The molecule has 3 rings (SSSR count). The lowest BCUT2D eigenvalue weighted by molar-refractivity contribution is -0.155. The highest BCUT2D eigenvalue weighted by molar-refractivity contribution is 5.83. The molecule has 5 heteroatoms. The second-order valence-electron chi connectivity index (χ2n) is 6.31.